The van der Waals surface area contributed by atoms with Gasteiger partial charge in [0.25, 0.3) is 10.1 Å². The van der Waals surface area contributed by atoms with Gasteiger partial charge in [-0.3, -0.25) is 14.1 Å². The first-order valence-electron chi connectivity index (χ1n) is 18.6. The van der Waals surface area contributed by atoms with Crippen molar-refractivity contribution < 1.29 is 32.0 Å². The van der Waals surface area contributed by atoms with Gasteiger partial charge in [-0.25, -0.2) is 0 Å². The highest BCUT2D eigenvalue weighted by Crippen LogP contribution is 2.21. The van der Waals surface area contributed by atoms with Gasteiger partial charge in [-0.05, 0) is 51.4 Å². The van der Waals surface area contributed by atoms with Crippen molar-refractivity contribution >= 4 is 22.1 Å². The van der Waals surface area contributed by atoms with Crippen LogP contribution in [-0.2, 0) is 29.2 Å². The second-order valence-corrected chi connectivity index (χ2v) is 14.5. The Morgan fingerprint density at radius 1 is 0.500 bits per heavy atom. The van der Waals surface area contributed by atoms with E-state index in [1.807, 2.05) is 0 Å². The Labute approximate surface area is 272 Å². The molecule has 44 heavy (non-hydrogen) atoms. The van der Waals surface area contributed by atoms with E-state index in [0.29, 0.717) is 12.8 Å². The van der Waals surface area contributed by atoms with E-state index < -0.39 is 39.8 Å². The Kier molecular flexibility index (Phi) is 28.5. The molecule has 0 aliphatic rings. The van der Waals surface area contributed by atoms with Crippen LogP contribution in [0.1, 0.15) is 201 Å². The number of rotatable bonds is 32. The summed E-state index contributed by atoms with van der Waals surface area (Å²) in [5, 5.41) is -1.96. The van der Waals surface area contributed by atoms with Crippen LogP contribution >= 0.6 is 0 Å². The fourth-order valence-corrected chi connectivity index (χ4v) is 6.36. The number of unbranched alkanes of at least 4 members (excludes halogenated alkanes) is 18. The molecule has 0 aliphatic carbocycles. The van der Waals surface area contributed by atoms with Crippen LogP contribution in [0.15, 0.2) is 0 Å². The lowest BCUT2D eigenvalue weighted by Gasteiger charge is -2.22. The molecular formula is C36H70O7S. The molecule has 262 valence electrons. The molecule has 0 rings (SSSR count). The zero-order valence-electron chi connectivity index (χ0n) is 29.1. The van der Waals surface area contributed by atoms with E-state index in [1.54, 1.807) is 0 Å². The summed E-state index contributed by atoms with van der Waals surface area (Å²) in [4.78, 5) is 26.1. The van der Waals surface area contributed by atoms with Crippen LogP contribution in [-0.4, -0.2) is 42.4 Å². The quantitative estimate of drug-likeness (QED) is 0.0440. The minimum atomic E-state index is -4.84. The molecule has 1 N–H and O–H groups in total. The van der Waals surface area contributed by atoms with E-state index in [-0.39, 0.29) is 6.10 Å². The Hall–Kier alpha value is -1.15. The third-order valence-corrected chi connectivity index (χ3v) is 9.65. The lowest BCUT2D eigenvalue weighted by Crippen LogP contribution is -2.37. The zero-order chi connectivity index (χ0) is 32.9. The fourth-order valence-electron chi connectivity index (χ4n) is 5.72. The highest BCUT2D eigenvalue weighted by atomic mass is 32.2. The van der Waals surface area contributed by atoms with Crippen LogP contribution in [0.5, 0.6) is 0 Å². The second kappa shape index (κ2) is 29.3. The van der Waals surface area contributed by atoms with Crippen molar-refractivity contribution in [1.29, 1.82) is 0 Å². The predicted octanol–water partition coefficient (Wildman–Crippen LogP) is 10.7. The van der Waals surface area contributed by atoms with Crippen LogP contribution in [0, 0.1) is 0 Å². The average molecular weight is 647 g/mol. The number of hydrogen-bond acceptors (Lipinski definition) is 6. The van der Waals surface area contributed by atoms with Crippen molar-refractivity contribution in [1.82, 2.24) is 0 Å². The highest BCUT2D eigenvalue weighted by molar-refractivity contribution is 7.87. The van der Waals surface area contributed by atoms with Crippen molar-refractivity contribution in [2.75, 3.05) is 0 Å². The molecule has 0 aromatic carbocycles. The molecule has 3 unspecified atom stereocenters. The van der Waals surface area contributed by atoms with Crippen molar-refractivity contribution in [3.05, 3.63) is 0 Å². The molecule has 0 spiro atoms. The molecule has 0 aromatic heterocycles. The normalized spacial score (nSPS) is 13.8. The SMILES string of the molecule is CCCCCCCCCC(CCCCCC)OC(=O)CC(C(=O)OC(CCCCCC)CCCCCCCCC)S(=O)(=O)O. The van der Waals surface area contributed by atoms with Crippen molar-refractivity contribution in [3.8, 4) is 0 Å². The summed E-state index contributed by atoms with van der Waals surface area (Å²) >= 11 is 0. The van der Waals surface area contributed by atoms with Gasteiger partial charge in [0, 0.05) is 0 Å². The van der Waals surface area contributed by atoms with E-state index in [9.17, 15) is 22.6 Å². The van der Waals surface area contributed by atoms with Crippen LogP contribution in [0.3, 0.4) is 0 Å². The van der Waals surface area contributed by atoms with Gasteiger partial charge in [-0.1, -0.05) is 143 Å². The van der Waals surface area contributed by atoms with E-state index in [0.717, 1.165) is 103 Å². The molecule has 0 amide bonds. The lowest BCUT2D eigenvalue weighted by atomic mass is 10.0. The molecule has 0 saturated heterocycles. The first-order valence-corrected chi connectivity index (χ1v) is 20.1. The van der Waals surface area contributed by atoms with Crippen LogP contribution in [0.25, 0.3) is 0 Å². The Morgan fingerprint density at radius 3 is 1.14 bits per heavy atom. The molecule has 0 aromatic rings. The van der Waals surface area contributed by atoms with Gasteiger partial charge in [0.15, 0.2) is 5.25 Å². The van der Waals surface area contributed by atoms with E-state index in [1.165, 1.54) is 51.4 Å². The van der Waals surface area contributed by atoms with Gasteiger partial charge < -0.3 is 9.47 Å². The Morgan fingerprint density at radius 2 is 0.795 bits per heavy atom. The standard InChI is InChI=1S/C36H70O7S/c1-5-9-13-17-19-21-25-28-32(27-23-15-11-7-3)42-35(37)31-34(44(39,40)41)36(38)43-33(29-24-16-12-8-4)30-26-22-20-18-14-10-6-2/h32-34H,5-31H2,1-4H3,(H,39,40,41). The Bertz CT molecular complexity index is 783. The zero-order valence-corrected chi connectivity index (χ0v) is 29.9. The molecule has 8 heteroatoms. The lowest BCUT2D eigenvalue weighted by molar-refractivity contribution is -0.156. The minimum absolute atomic E-state index is 0.309. The van der Waals surface area contributed by atoms with Crippen LogP contribution < -0.4 is 0 Å². The summed E-state index contributed by atoms with van der Waals surface area (Å²) in [5.74, 6) is -1.81. The molecule has 7 nitrogen and oxygen atoms in total. The number of esters is 2. The van der Waals surface area contributed by atoms with Crippen molar-refractivity contribution in [3.63, 3.8) is 0 Å². The third-order valence-electron chi connectivity index (χ3n) is 8.57. The predicted molar refractivity (Wildman–Crippen MR) is 182 cm³/mol. The minimum Gasteiger partial charge on any atom is -0.462 e. The van der Waals surface area contributed by atoms with Gasteiger partial charge >= 0.3 is 11.9 Å². The molecular weight excluding hydrogens is 576 g/mol. The maximum Gasteiger partial charge on any atom is 0.327 e. The fraction of sp³-hybridized carbons (Fsp3) is 0.944. The maximum absolute atomic E-state index is 13.1. The van der Waals surface area contributed by atoms with E-state index >= 15 is 0 Å². The summed E-state index contributed by atoms with van der Waals surface area (Å²) in [7, 11) is -4.84. The van der Waals surface area contributed by atoms with Crippen molar-refractivity contribution in [2.45, 2.75) is 219 Å². The van der Waals surface area contributed by atoms with Gasteiger partial charge in [0.2, 0.25) is 0 Å². The number of hydrogen-bond donors (Lipinski definition) is 1. The smallest absolute Gasteiger partial charge is 0.327 e. The molecule has 0 saturated carbocycles. The second-order valence-electron chi connectivity index (χ2n) is 12.9. The molecule has 0 radical (unpaired) electrons. The van der Waals surface area contributed by atoms with Gasteiger partial charge in [0.1, 0.15) is 12.2 Å². The first kappa shape index (κ1) is 42.9. The molecule has 0 aliphatic heterocycles. The summed E-state index contributed by atoms with van der Waals surface area (Å²) in [6.07, 6.45) is 25.7. The molecule has 0 fully saturated rings. The average Bonchev–Trinajstić information content (AvgIpc) is 2.98. The number of carbonyl (C=O) groups is 2. The van der Waals surface area contributed by atoms with Crippen molar-refractivity contribution in [2.24, 2.45) is 0 Å². The summed E-state index contributed by atoms with van der Waals surface area (Å²) < 4.78 is 45.9. The van der Waals surface area contributed by atoms with Gasteiger partial charge in [-0.15, -0.1) is 0 Å². The number of ether oxygens (including phenoxy) is 2. The number of carbonyl (C=O) groups excluding carboxylic acids is 2. The topological polar surface area (TPSA) is 107 Å². The highest BCUT2D eigenvalue weighted by Gasteiger charge is 2.37. The maximum atomic E-state index is 13.1. The first-order chi connectivity index (χ1) is 21.2. The van der Waals surface area contributed by atoms with Gasteiger partial charge in [0.05, 0.1) is 6.42 Å². The van der Waals surface area contributed by atoms with Gasteiger partial charge in [-0.2, -0.15) is 8.42 Å². The Balaban J connectivity index is 5.16. The summed E-state index contributed by atoms with van der Waals surface area (Å²) in [6, 6.07) is 0. The van der Waals surface area contributed by atoms with E-state index in [2.05, 4.69) is 27.7 Å². The van der Waals surface area contributed by atoms with Crippen LogP contribution in [0.2, 0.25) is 0 Å². The largest absolute Gasteiger partial charge is 0.462 e. The summed E-state index contributed by atoms with van der Waals surface area (Å²) in [6.45, 7) is 8.68. The third kappa shape index (κ3) is 25.1. The monoisotopic (exact) mass is 646 g/mol. The van der Waals surface area contributed by atoms with Crippen LogP contribution in [0.4, 0.5) is 0 Å². The van der Waals surface area contributed by atoms with E-state index in [4.69, 9.17) is 9.47 Å². The molecule has 3 atom stereocenters. The summed E-state index contributed by atoms with van der Waals surface area (Å²) in [5.41, 5.74) is 0. The molecule has 0 heterocycles. The molecule has 0 bridgehead atoms.